The Morgan fingerprint density at radius 1 is 1.62 bits per heavy atom. The predicted octanol–water partition coefficient (Wildman–Crippen LogP) is -0.610. The molecule has 1 aliphatic heterocycles. The summed E-state index contributed by atoms with van der Waals surface area (Å²) in [5.41, 5.74) is 8.19. The minimum Gasteiger partial charge on any atom is -0.390 e. The number of ether oxygens (including phenoxy) is 2. The maximum absolute atomic E-state index is 9.40. The lowest BCUT2D eigenvalue weighted by Gasteiger charge is -2.34. The largest absolute Gasteiger partial charge is 0.390 e. The van der Waals surface area contributed by atoms with Gasteiger partial charge in [0.1, 0.15) is 12.1 Å². The molecule has 1 saturated heterocycles. The molecule has 0 radical (unpaired) electrons. The Morgan fingerprint density at radius 2 is 2.31 bits per heavy atom. The van der Waals surface area contributed by atoms with Crippen molar-refractivity contribution in [1.82, 2.24) is 0 Å². The number of hydrogen-bond donors (Lipinski definition) is 2. The van der Waals surface area contributed by atoms with Gasteiger partial charge in [-0.25, -0.2) is 0 Å². The van der Waals surface area contributed by atoms with E-state index >= 15 is 0 Å². The van der Waals surface area contributed by atoms with Crippen molar-refractivity contribution in [1.29, 1.82) is 0 Å². The number of hydrogen-bond acceptors (Lipinski definition) is 5. The van der Waals surface area contributed by atoms with Crippen LogP contribution in [0.15, 0.2) is 5.11 Å². The summed E-state index contributed by atoms with van der Waals surface area (Å²) in [6.45, 7) is -0.0306. The molecule has 4 atom stereocenters. The first-order valence-corrected chi connectivity index (χ1v) is 3.75. The van der Waals surface area contributed by atoms with E-state index in [1.54, 1.807) is 0 Å². The van der Waals surface area contributed by atoms with Crippen LogP contribution in [0, 0.1) is 0 Å². The van der Waals surface area contributed by atoms with E-state index < -0.39 is 24.5 Å². The Balaban J connectivity index is 2.74. The standard InChI is InChI=1S/C6H11N3O4/c1-12-6-4(8-9-7)5(11)3(10)2-13-6/h3-6,10-11H,2H2,1H3. The van der Waals surface area contributed by atoms with Gasteiger partial charge in [-0.1, -0.05) is 5.11 Å². The summed E-state index contributed by atoms with van der Waals surface area (Å²) >= 11 is 0. The first kappa shape index (κ1) is 10.2. The molecule has 0 aromatic rings. The monoisotopic (exact) mass is 189 g/mol. The molecule has 1 heterocycles. The van der Waals surface area contributed by atoms with E-state index in [4.69, 9.17) is 15.0 Å². The molecular weight excluding hydrogens is 178 g/mol. The summed E-state index contributed by atoms with van der Waals surface area (Å²) in [5, 5.41) is 21.9. The third-order valence-corrected chi connectivity index (χ3v) is 1.87. The molecule has 1 rings (SSSR count). The van der Waals surface area contributed by atoms with Gasteiger partial charge in [0.05, 0.1) is 12.7 Å². The zero-order chi connectivity index (χ0) is 9.84. The second kappa shape index (κ2) is 4.40. The molecule has 1 fully saturated rings. The molecule has 1 aliphatic rings. The Hall–Kier alpha value is -0.850. The van der Waals surface area contributed by atoms with Crippen molar-refractivity contribution in [3.63, 3.8) is 0 Å². The topological polar surface area (TPSA) is 108 Å². The second-order valence-electron chi connectivity index (χ2n) is 2.69. The molecule has 0 aromatic carbocycles. The van der Waals surface area contributed by atoms with Crippen molar-refractivity contribution in [2.45, 2.75) is 24.5 Å². The summed E-state index contributed by atoms with van der Waals surface area (Å²) in [7, 11) is 1.37. The van der Waals surface area contributed by atoms with Crippen LogP contribution in [0.2, 0.25) is 0 Å². The number of methoxy groups -OCH3 is 1. The van der Waals surface area contributed by atoms with Crippen LogP contribution >= 0.6 is 0 Å². The van der Waals surface area contributed by atoms with Gasteiger partial charge in [0, 0.05) is 12.0 Å². The summed E-state index contributed by atoms with van der Waals surface area (Å²) in [4.78, 5) is 2.54. The van der Waals surface area contributed by atoms with E-state index in [9.17, 15) is 10.2 Å². The third kappa shape index (κ3) is 2.09. The molecule has 0 aliphatic carbocycles. The molecule has 7 heteroatoms. The SMILES string of the molecule is COC1OCC(O)C(O)C1N=[N+]=[N-]. The van der Waals surface area contributed by atoms with Crippen LogP contribution in [-0.4, -0.2) is 48.5 Å². The van der Waals surface area contributed by atoms with Crippen molar-refractivity contribution in [2.75, 3.05) is 13.7 Å². The second-order valence-corrected chi connectivity index (χ2v) is 2.69. The Morgan fingerprint density at radius 3 is 2.85 bits per heavy atom. The lowest BCUT2D eigenvalue weighted by molar-refractivity contribution is -0.216. The van der Waals surface area contributed by atoms with Crippen LogP contribution in [0.1, 0.15) is 0 Å². The molecular formula is C6H11N3O4. The normalized spacial score (nSPS) is 39.6. The van der Waals surface area contributed by atoms with E-state index in [-0.39, 0.29) is 6.61 Å². The summed E-state index contributed by atoms with van der Waals surface area (Å²) in [5.74, 6) is 0. The highest BCUT2D eigenvalue weighted by atomic mass is 16.7. The Kier molecular flexibility index (Phi) is 3.47. The minimum absolute atomic E-state index is 0.0306. The molecule has 2 N–H and O–H groups in total. The van der Waals surface area contributed by atoms with Crippen LogP contribution in [-0.2, 0) is 9.47 Å². The van der Waals surface area contributed by atoms with E-state index in [1.807, 2.05) is 0 Å². The van der Waals surface area contributed by atoms with E-state index in [1.165, 1.54) is 7.11 Å². The molecule has 0 aromatic heterocycles. The van der Waals surface area contributed by atoms with Crippen LogP contribution in [0.5, 0.6) is 0 Å². The molecule has 0 saturated carbocycles. The fourth-order valence-electron chi connectivity index (χ4n) is 1.17. The number of rotatable bonds is 2. The van der Waals surface area contributed by atoms with Crippen molar-refractivity contribution in [3.8, 4) is 0 Å². The van der Waals surface area contributed by atoms with Gasteiger partial charge in [-0.3, -0.25) is 0 Å². The van der Waals surface area contributed by atoms with Gasteiger partial charge in [0.25, 0.3) is 0 Å². The molecule has 7 nitrogen and oxygen atoms in total. The Bertz CT molecular complexity index is 216. The maximum atomic E-state index is 9.40. The van der Waals surface area contributed by atoms with Gasteiger partial charge in [0.15, 0.2) is 6.29 Å². The third-order valence-electron chi connectivity index (χ3n) is 1.87. The molecule has 0 bridgehead atoms. The lowest BCUT2D eigenvalue weighted by Crippen LogP contribution is -2.52. The first-order valence-electron chi connectivity index (χ1n) is 3.75. The van der Waals surface area contributed by atoms with E-state index in [0.717, 1.165) is 0 Å². The highest BCUT2D eigenvalue weighted by Crippen LogP contribution is 2.19. The van der Waals surface area contributed by atoms with Gasteiger partial charge >= 0.3 is 0 Å². The molecule has 13 heavy (non-hydrogen) atoms. The lowest BCUT2D eigenvalue weighted by atomic mass is 10.0. The summed E-state index contributed by atoms with van der Waals surface area (Å²) in [6.07, 6.45) is -2.98. The molecule has 4 unspecified atom stereocenters. The van der Waals surface area contributed by atoms with Crippen molar-refractivity contribution >= 4 is 0 Å². The minimum atomic E-state index is -1.14. The van der Waals surface area contributed by atoms with Crippen LogP contribution < -0.4 is 0 Å². The van der Waals surface area contributed by atoms with Gasteiger partial charge in [-0.05, 0) is 5.53 Å². The maximum Gasteiger partial charge on any atom is 0.168 e. The quantitative estimate of drug-likeness (QED) is 0.343. The van der Waals surface area contributed by atoms with E-state index in [0.29, 0.717) is 0 Å². The average Bonchev–Trinajstić information content (AvgIpc) is 2.14. The van der Waals surface area contributed by atoms with Crippen molar-refractivity contribution in [2.24, 2.45) is 5.11 Å². The van der Waals surface area contributed by atoms with Crippen molar-refractivity contribution in [3.05, 3.63) is 10.4 Å². The van der Waals surface area contributed by atoms with E-state index in [2.05, 4.69) is 10.0 Å². The van der Waals surface area contributed by atoms with Crippen molar-refractivity contribution < 1.29 is 19.7 Å². The first-order chi connectivity index (χ1) is 6.20. The summed E-state index contributed by atoms with van der Waals surface area (Å²) in [6, 6.07) is -0.904. The number of aliphatic hydroxyl groups is 2. The zero-order valence-corrected chi connectivity index (χ0v) is 7.07. The highest BCUT2D eigenvalue weighted by Gasteiger charge is 2.38. The zero-order valence-electron chi connectivity index (χ0n) is 7.07. The van der Waals surface area contributed by atoms with Gasteiger partial charge in [0.2, 0.25) is 0 Å². The van der Waals surface area contributed by atoms with Crippen LogP contribution in [0.3, 0.4) is 0 Å². The summed E-state index contributed by atoms with van der Waals surface area (Å²) < 4.78 is 9.79. The van der Waals surface area contributed by atoms with Gasteiger partial charge in [-0.15, -0.1) is 0 Å². The number of azide groups is 1. The number of nitrogens with zero attached hydrogens (tertiary/aromatic N) is 3. The van der Waals surface area contributed by atoms with Gasteiger partial charge in [-0.2, -0.15) is 0 Å². The van der Waals surface area contributed by atoms with Crippen LogP contribution in [0.4, 0.5) is 0 Å². The van der Waals surface area contributed by atoms with Crippen LogP contribution in [0.25, 0.3) is 10.4 Å². The predicted molar refractivity (Wildman–Crippen MR) is 41.7 cm³/mol. The Labute approximate surface area is 74.5 Å². The number of aliphatic hydroxyl groups excluding tert-OH is 2. The van der Waals surface area contributed by atoms with Gasteiger partial charge < -0.3 is 19.7 Å². The highest BCUT2D eigenvalue weighted by molar-refractivity contribution is 4.88. The molecule has 0 spiro atoms. The average molecular weight is 189 g/mol. The fourth-order valence-corrected chi connectivity index (χ4v) is 1.17. The smallest absolute Gasteiger partial charge is 0.168 e. The molecule has 0 amide bonds. The molecule has 74 valence electrons. The fraction of sp³-hybridized carbons (Fsp3) is 1.00.